The van der Waals surface area contributed by atoms with Crippen LogP contribution >= 0.6 is 11.3 Å². The molecule has 6 N–H and O–H groups in total. The van der Waals surface area contributed by atoms with Gasteiger partial charge >= 0.3 is 12.2 Å². The molecule has 3 rings (SSSR count). The van der Waals surface area contributed by atoms with Crippen molar-refractivity contribution in [1.82, 2.24) is 25.4 Å². The molecule has 0 spiro atoms. The van der Waals surface area contributed by atoms with E-state index in [0.29, 0.717) is 40.8 Å². The molecule has 0 radical (unpaired) electrons. The summed E-state index contributed by atoms with van der Waals surface area (Å²) in [7, 11) is 0. The molecule has 2 aromatic rings. The van der Waals surface area contributed by atoms with Gasteiger partial charge in [0.25, 0.3) is 5.91 Å². The molecule has 1 atom stereocenters. The molecule has 15 heteroatoms. The monoisotopic (exact) mass is 675 g/mol. The number of hydrogen-bond acceptors (Lipinski definition) is 9. The molecule has 0 bridgehead atoms. The highest BCUT2D eigenvalue weighted by Gasteiger charge is 2.54. The summed E-state index contributed by atoms with van der Waals surface area (Å²) in [5.74, 6) is -2.24. The van der Waals surface area contributed by atoms with E-state index in [9.17, 15) is 29.4 Å². The van der Waals surface area contributed by atoms with Gasteiger partial charge in [-0.1, -0.05) is 44.2 Å². The van der Waals surface area contributed by atoms with Crippen LogP contribution in [0, 0.1) is 5.41 Å². The minimum Gasteiger partial charge on any atom is -0.465 e. The smallest absolute Gasteiger partial charge is 0.411 e. The van der Waals surface area contributed by atoms with Crippen molar-refractivity contribution in [2.24, 2.45) is 5.41 Å². The Morgan fingerprint density at radius 2 is 1.64 bits per heavy atom. The zero-order valence-electron chi connectivity index (χ0n) is 28.4. The standard InChI is InChI=1S/C32H49N7O7S/c1-21(40)34-27-35-24(25(47-27)26(41)33-15-8-16-38-17-19-46-20-18-38)14-11-22-9-12-23(13-10-22)36-32(30(2,3)4,37-28(42)43)39(29(44)45)31(5,6)7/h9-10,12-13,36-37H,8,11,14-20H2,1-7H3,(H,33,41)(H,42,43)(H,44,45)(H,34,35,40). The number of aryl methyl sites for hydroxylation is 2. The second-order valence-corrected chi connectivity index (χ2v) is 14.5. The van der Waals surface area contributed by atoms with Gasteiger partial charge in [0.15, 0.2) is 5.13 Å². The minimum atomic E-state index is -1.73. The number of hydrogen-bond donors (Lipinski definition) is 6. The van der Waals surface area contributed by atoms with Gasteiger partial charge in [-0.15, -0.1) is 0 Å². The number of benzene rings is 1. The second kappa shape index (κ2) is 15.8. The highest BCUT2D eigenvalue weighted by atomic mass is 32.1. The average Bonchev–Trinajstić information content (AvgIpc) is 3.35. The number of rotatable bonds is 13. The fraction of sp³-hybridized carbons (Fsp3) is 0.594. The lowest BCUT2D eigenvalue weighted by atomic mass is 9.82. The van der Waals surface area contributed by atoms with Gasteiger partial charge in [0, 0.05) is 43.2 Å². The molecule has 4 amide bonds. The van der Waals surface area contributed by atoms with Crippen molar-refractivity contribution >= 4 is 46.2 Å². The van der Waals surface area contributed by atoms with Crippen molar-refractivity contribution < 1.29 is 34.1 Å². The summed E-state index contributed by atoms with van der Waals surface area (Å²) in [6.07, 6.45) is -0.899. The third-order valence-corrected chi connectivity index (χ3v) is 8.74. The predicted molar refractivity (Wildman–Crippen MR) is 181 cm³/mol. The molecule has 14 nitrogen and oxygen atoms in total. The molecule has 47 heavy (non-hydrogen) atoms. The number of nitrogens with zero attached hydrogens (tertiary/aromatic N) is 3. The van der Waals surface area contributed by atoms with Crippen LogP contribution in [-0.4, -0.2) is 99.7 Å². The molecule has 1 aliphatic heterocycles. The van der Waals surface area contributed by atoms with Gasteiger partial charge in [0.1, 0.15) is 4.88 Å². The summed E-state index contributed by atoms with van der Waals surface area (Å²) in [5, 5.41) is 31.7. The van der Waals surface area contributed by atoms with E-state index < -0.39 is 28.9 Å². The van der Waals surface area contributed by atoms with Crippen molar-refractivity contribution in [3.8, 4) is 0 Å². The summed E-state index contributed by atoms with van der Waals surface area (Å²) < 4.78 is 5.38. The van der Waals surface area contributed by atoms with E-state index in [0.717, 1.165) is 61.1 Å². The maximum Gasteiger partial charge on any atom is 0.411 e. The number of thiazole rings is 1. The molecule has 1 aliphatic rings. The average molecular weight is 676 g/mol. The molecule has 260 valence electrons. The summed E-state index contributed by atoms with van der Waals surface area (Å²) in [6, 6.07) is 7.22. The maximum absolute atomic E-state index is 13.1. The molecular weight excluding hydrogens is 626 g/mol. The topological polar surface area (TPSA) is 185 Å². The quantitative estimate of drug-likeness (QED) is 0.131. The molecule has 1 fully saturated rings. The van der Waals surface area contributed by atoms with Gasteiger partial charge in [-0.2, -0.15) is 0 Å². The van der Waals surface area contributed by atoms with Crippen LogP contribution in [0.2, 0.25) is 0 Å². The number of carbonyl (C=O) groups is 4. The first kappa shape index (κ1) is 37.5. The first-order chi connectivity index (χ1) is 21.9. The Labute approximate surface area is 280 Å². The second-order valence-electron chi connectivity index (χ2n) is 13.5. The van der Waals surface area contributed by atoms with Gasteiger partial charge in [-0.05, 0) is 64.3 Å². The Bertz CT molecular complexity index is 1400. The zero-order valence-corrected chi connectivity index (χ0v) is 29.2. The Morgan fingerprint density at radius 3 is 2.17 bits per heavy atom. The number of carboxylic acid groups (broad SMARTS) is 2. The zero-order chi connectivity index (χ0) is 35.0. The lowest BCUT2D eigenvalue weighted by Gasteiger charge is -2.55. The van der Waals surface area contributed by atoms with Crippen LogP contribution in [0.25, 0.3) is 0 Å². The first-order valence-electron chi connectivity index (χ1n) is 15.7. The van der Waals surface area contributed by atoms with E-state index in [1.54, 1.807) is 53.7 Å². The van der Waals surface area contributed by atoms with Crippen LogP contribution in [0.5, 0.6) is 0 Å². The fourth-order valence-corrected chi connectivity index (χ4v) is 6.45. The number of morpholine rings is 1. The van der Waals surface area contributed by atoms with Gasteiger partial charge in [0.05, 0.1) is 18.9 Å². The van der Waals surface area contributed by atoms with Crippen molar-refractivity contribution in [2.45, 2.75) is 79.1 Å². The van der Waals surface area contributed by atoms with E-state index >= 15 is 0 Å². The van der Waals surface area contributed by atoms with Gasteiger partial charge < -0.3 is 30.9 Å². The van der Waals surface area contributed by atoms with Crippen molar-refractivity contribution in [2.75, 3.05) is 50.0 Å². The van der Waals surface area contributed by atoms with Crippen molar-refractivity contribution in [3.05, 3.63) is 40.4 Å². The summed E-state index contributed by atoms with van der Waals surface area (Å²) >= 11 is 1.14. The third kappa shape index (κ3) is 10.3. The van der Waals surface area contributed by atoms with Crippen molar-refractivity contribution in [3.63, 3.8) is 0 Å². The van der Waals surface area contributed by atoms with Crippen LogP contribution < -0.4 is 21.3 Å². The fourth-order valence-electron chi connectivity index (χ4n) is 5.48. The van der Waals surface area contributed by atoms with Crippen LogP contribution in [0.15, 0.2) is 24.3 Å². The van der Waals surface area contributed by atoms with E-state index in [2.05, 4.69) is 31.2 Å². The number of aromatic nitrogens is 1. The number of ether oxygens (including phenoxy) is 1. The van der Waals surface area contributed by atoms with Gasteiger partial charge in [-0.3, -0.25) is 24.7 Å². The van der Waals surface area contributed by atoms with Crippen LogP contribution in [0.4, 0.5) is 20.4 Å². The molecule has 1 unspecified atom stereocenters. The van der Waals surface area contributed by atoms with E-state index in [4.69, 9.17) is 4.74 Å². The van der Waals surface area contributed by atoms with E-state index in [-0.39, 0.29) is 11.8 Å². The van der Waals surface area contributed by atoms with Crippen LogP contribution in [0.3, 0.4) is 0 Å². The first-order valence-corrected chi connectivity index (χ1v) is 16.5. The molecule has 1 aromatic heterocycles. The van der Waals surface area contributed by atoms with E-state index in [1.165, 1.54) is 6.92 Å². The minimum absolute atomic E-state index is 0.234. The number of nitrogens with one attached hydrogen (secondary N) is 4. The number of carbonyl (C=O) groups excluding carboxylic acids is 2. The van der Waals surface area contributed by atoms with Crippen LogP contribution in [-0.2, 0) is 22.4 Å². The van der Waals surface area contributed by atoms with Crippen molar-refractivity contribution in [1.29, 1.82) is 0 Å². The van der Waals surface area contributed by atoms with Crippen LogP contribution in [0.1, 0.15) is 75.8 Å². The Morgan fingerprint density at radius 1 is 1.00 bits per heavy atom. The molecule has 2 heterocycles. The Hall–Kier alpha value is -3.95. The molecule has 1 aromatic carbocycles. The molecule has 0 aliphatic carbocycles. The molecule has 0 saturated carbocycles. The SMILES string of the molecule is CC(=O)Nc1nc(CCc2ccc(NC(NC(=O)O)(N(C(=O)O)C(C)(C)C)C(C)(C)C)cc2)c(C(=O)NCCCN2CCOCC2)s1. The molecule has 1 saturated heterocycles. The lowest BCUT2D eigenvalue weighted by Crippen LogP contribution is -2.76. The van der Waals surface area contributed by atoms with E-state index in [1.807, 2.05) is 12.1 Å². The van der Waals surface area contributed by atoms with Gasteiger partial charge in [0.2, 0.25) is 11.7 Å². The summed E-state index contributed by atoms with van der Waals surface area (Å²) in [5.41, 5.74) is 0.106. The number of anilines is 2. The lowest BCUT2D eigenvalue weighted by molar-refractivity contribution is -0.114. The number of amides is 4. The summed E-state index contributed by atoms with van der Waals surface area (Å²) in [4.78, 5) is 57.8. The van der Waals surface area contributed by atoms with Gasteiger partial charge in [-0.25, -0.2) is 14.6 Å². The Kier molecular flexibility index (Phi) is 12.6. The highest BCUT2D eigenvalue weighted by molar-refractivity contribution is 7.17. The third-order valence-electron chi connectivity index (χ3n) is 7.73. The maximum atomic E-state index is 13.1. The Balaban J connectivity index is 1.76. The normalized spacial score (nSPS) is 15.3. The largest absolute Gasteiger partial charge is 0.465 e. The summed E-state index contributed by atoms with van der Waals surface area (Å²) in [6.45, 7) is 16.4. The molecular formula is C32H49N7O7S. The highest BCUT2D eigenvalue weighted by Crippen LogP contribution is 2.39. The predicted octanol–water partition coefficient (Wildman–Crippen LogP) is 4.50.